The lowest BCUT2D eigenvalue weighted by Gasteiger charge is -2.43. The third kappa shape index (κ3) is 2.94. The number of carbonyl (C=O) groups excluding carboxylic acids is 1. The summed E-state index contributed by atoms with van der Waals surface area (Å²) in [5.74, 6) is 0.169. The number of hydrogen-bond donors (Lipinski definition) is 1. The topological polar surface area (TPSA) is 70.1 Å². The zero-order chi connectivity index (χ0) is 20.1. The molecule has 0 radical (unpaired) electrons. The molecule has 1 aromatic heterocycles. The number of benzene rings is 1. The molecule has 0 fully saturated rings. The maximum absolute atomic E-state index is 13.3. The monoisotopic (exact) mass is 389 g/mol. The molecule has 0 unspecified atom stereocenters. The van der Waals surface area contributed by atoms with Gasteiger partial charge in [-0.15, -0.1) is 11.3 Å². The molecule has 2 heterocycles. The second kappa shape index (κ2) is 6.65. The first kappa shape index (κ1) is 18.5. The molecule has 0 saturated heterocycles. The van der Waals surface area contributed by atoms with Crippen molar-refractivity contribution in [2.24, 2.45) is 11.1 Å². The van der Waals surface area contributed by atoms with E-state index >= 15 is 0 Å². The van der Waals surface area contributed by atoms with Crippen LogP contribution in [-0.4, -0.2) is 5.78 Å². The number of Topliss-reactive ketones (excluding diaryl/α,β-unsaturated/α-hetero) is 1. The molecule has 2 aliphatic rings. The Balaban J connectivity index is 2.00. The number of anilines is 1. The average molecular weight is 390 g/mol. The number of rotatable bonds is 2. The van der Waals surface area contributed by atoms with E-state index in [1.807, 2.05) is 53.6 Å². The Kier molecular flexibility index (Phi) is 4.40. The van der Waals surface area contributed by atoms with Gasteiger partial charge in [-0.1, -0.05) is 32.0 Å². The summed E-state index contributed by atoms with van der Waals surface area (Å²) in [4.78, 5) is 16.2. The van der Waals surface area contributed by atoms with Crippen molar-refractivity contribution in [3.63, 3.8) is 0 Å². The van der Waals surface area contributed by atoms with Crippen molar-refractivity contribution in [2.75, 3.05) is 4.90 Å². The highest BCUT2D eigenvalue weighted by atomic mass is 32.1. The zero-order valence-electron chi connectivity index (χ0n) is 16.3. The number of thiophene rings is 1. The largest absolute Gasteiger partial charge is 0.384 e. The molecule has 2 aromatic rings. The van der Waals surface area contributed by atoms with Crippen LogP contribution in [-0.2, 0) is 4.79 Å². The first-order valence-electron chi connectivity index (χ1n) is 9.38. The molecule has 1 aliphatic carbocycles. The van der Waals surface area contributed by atoms with Crippen LogP contribution in [0.3, 0.4) is 0 Å². The van der Waals surface area contributed by atoms with Gasteiger partial charge in [-0.25, -0.2) is 0 Å². The smallest absolute Gasteiger partial charge is 0.162 e. The van der Waals surface area contributed by atoms with Crippen LogP contribution in [0.1, 0.15) is 43.0 Å². The van der Waals surface area contributed by atoms with Crippen molar-refractivity contribution in [2.45, 2.75) is 39.5 Å². The lowest BCUT2D eigenvalue weighted by molar-refractivity contribution is -0.118. The van der Waals surface area contributed by atoms with Crippen LogP contribution in [0.4, 0.5) is 5.69 Å². The van der Waals surface area contributed by atoms with Crippen molar-refractivity contribution >= 4 is 22.8 Å². The van der Waals surface area contributed by atoms with Crippen molar-refractivity contribution in [1.82, 2.24) is 0 Å². The summed E-state index contributed by atoms with van der Waals surface area (Å²) < 4.78 is 0. The van der Waals surface area contributed by atoms with Gasteiger partial charge in [0.05, 0.1) is 17.6 Å². The fourth-order valence-electron chi connectivity index (χ4n) is 4.31. The molecule has 0 amide bonds. The predicted molar refractivity (Wildman–Crippen MR) is 113 cm³/mol. The minimum absolute atomic E-state index is 0.113. The molecule has 4 rings (SSSR count). The highest BCUT2D eigenvalue weighted by Gasteiger charge is 2.44. The summed E-state index contributed by atoms with van der Waals surface area (Å²) >= 11 is 1.56. The number of aryl methyl sites for hydroxylation is 1. The number of ketones is 1. The quantitative estimate of drug-likeness (QED) is 0.785. The first-order chi connectivity index (χ1) is 13.3. The summed E-state index contributed by atoms with van der Waals surface area (Å²) in [6, 6.07) is 14.3. The van der Waals surface area contributed by atoms with Crippen LogP contribution >= 0.6 is 11.3 Å². The van der Waals surface area contributed by atoms with E-state index in [0.29, 0.717) is 17.8 Å². The fourth-order valence-corrected chi connectivity index (χ4v) is 5.15. The SMILES string of the molecule is Cc1cccc(N2C(N)=C(C#N)[C@@H](c3cccs3)C3=C2CC(C)(C)CC3=O)c1. The number of nitrogens with two attached hydrogens (primary N) is 1. The van der Waals surface area contributed by atoms with Gasteiger partial charge in [-0.05, 0) is 47.9 Å². The Hall–Kier alpha value is -2.84. The van der Waals surface area contributed by atoms with Crippen LogP contribution < -0.4 is 10.6 Å². The van der Waals surface area contributed by atoms with Gasteiger partial charge in [0, 0.05) is 28.3 Å². The van der Waals surface area contributed by atoms with Gasteiger partial charge < -0.3 is 5.73 Å². The highest BCUT2D eigenvalue weighted by Crippen LogP contribution is 2.50. The number of nitrogens with zero attached hydrogens (tertiary/aromatic N) is 2. The normalized spacial score (nSPS) is 21.6. The zero-order valence-corrected chi connectivity index (χ0v) is 17.1. The summed E-state index contributed by atoms with van der Waals surface area (Å²) in [6.45, 7) is 6.25. The fraction of sp³-hybridized carbons (Fsp3) is 0.304. The van der Waals surface area contributed by atoms with Gasteiger partial charge in [-0.2, -0.15) is 5.26 Å². The Bertz CT molecular complexity index is 1050. The van der Waals surface area contributed by atoms with Crippen LogP contribution in [0.5, 0.6) is 0 Å². The molecular weight excluding hydrogens is 366 g/mol. The Morgan fingerprint density at radius 1 is 1.25 bits per heavy atom. The summed E-state index contributed by atoms with van der Waals surface area (Å²) in [7, 11) is 0. The third-order valence-electron chi connectivity index (χ3n) is 5.47. The number of allylic oxidation sites excluding steroid dienone is 3. The summed E-state index contributed by atoms with van der Waals surface area (Å²) in [5.41, 5.74) is 10.6. The maximum atomic E-state index is 13.3. The van der Waals surface area contributed by atoms with E-state index in [-0.39, 0.29) is 17.1 Å². The molecule has 0 bridgehead atoms. The minimum atomic E-state index is -0.371. The molecule has 142 valence electrons. The molecule has 5 heteroatoms. The molecule has 1 aromatic carbocycles. The van der Waals surface area contributed by atoms with Crippen LogP contribution in [0.15, 0.2) is 64.4 Å². The Morgan fingerprint density at radius 3 is 2.68 bits per heavy atom. The van der Waals surface area contributed by atoms with E-state index in [1.54, 1.807) is 11.3 Å². The lowest BCUT2D eigenvalue weighted by atomic mass is 9.69. The van der Waals surface area contributed by atoms with Gasteiger partial charge in [0.25, 0.3) is 0 Å². The van der Waals surface area contributed by atoms with Gasteiger partial charge in [0.15, 0.2) is 5.78 Å². The van der Waals surface area contributed by atoms with Crippen LogP contribution in [0.25, 0.3) is 0 Å². The van der Waals surface area contributed by atoms with Crippen molar-refractivity contribution in [3.8, 4) is 6.07 Å². The van der Waals surface area contributed by atoms with Crippen molar-refractivity contribution in [3.05, 3.63) is 74.9 Å². The predicted octanol–water partition coefficient (Wildman–Crippen LogP) is 5.00. The van der Waals surface area contributed by atoms with Gasteiger partial charge in [0.2, 0.25) is 0 Å². The molecule has 2 N–H and O–H groups in total. The molecule has 0 saturated carbocycles. The molecule has 4 nitrogen and oxygen atoms in total. The van der Waals surface area contributed by atoms with Gasteiger partial charge >= 0.3 is 0 Å². The van der Waals surface area contributed by atoms with Gasteiger partial charge in [-0.3, -0.25) is 9.69 Å². The van der Waals surface area contributed by atoms with E-state index in [1.165, 1.54) is 0 Å². The van der Waals surface area contributed by atoms with Crippen molar-refractivity contribution in [1.29, 1.82) is 5.26 Å². The molecule has 1 aliphatic heterocycles. The second-order valence-electron chi connectivity index (χ2n) is 8.33. The minimum Gasteiger partial charge on any atom is -0.384 e. The van der Waals surface area contributed by atoms with E-state index in [0.717, 1.165) is 33.8 Å². The summed E-state index contributed by atoms with van der Waals surface area (Å²) in [5, 5.41) is 12.0. The van der Waals surface area contributed by atoms with Crippen LogP contribution in [0, 0.1) is 23.7 Å². The molecule has 1 atom stereocenters. The van der Waals surface area contributed by atoms with E-state index in [9.17, 15) is 10.1 Å². The second-order valence-corrected chi connectivity index (χ2v) is 9.31. The number of nitriles is 1. The molecule has 28 heavy (non-hydrogen) atoms. The highest BCUT2D eigenvalue weighted by molar-refractivity contribution is 7.10. The lowest BCUT2D eigenvalue weighted by Crippen LogP contribution is -2.42. The standard InChI is InChI=1S/C23H23N3OS/c1-14-6-4-7-15(10-14)26-17-11-23(2,3)12-18(27)21(17)20(16(13-24)22(26)25)19-8-5-9-28-19/h4-10,20H,11-12,25H2,1-3H3/t20-/m0/s1. The number of carbonyl (C=O) groups is 1. The Labute approximate surface area is 169 Å². The molecular formula is C23H23N3OS. The first-order valence-corrected chi connectivity index (χ1v) is 10.3. The average Bonchev–Trinajstić information content (AvgIpc) is 3.14. The van der Waals surface area contributed by atoms with Crippen LogP contribution in [0.2, 0.25) is 0 Å². The third-order valence-corrected chi connectivity index (χ3v) is 6.41. The maximum Gasteiger partial charge on any atom is 0.162 e. The number of hydrogen-bond acceptors (Lipinski definition) is 5. The summed E-state index contributed by atoms with van der Waals surface area (Å²) in [6.07, 6.45) is 1.22. The van der Waals surface area contributed by atoms with E-state index in [2.05, 4.69) is 19.9 Å². The van der Waals surface area contributed by atoms with E-state index in [4.69, 9.17) is 5.73 Å². The van der Waals surface area contributed by atoms with Gasteiger partial charge in [0.1, 0.15) is 5.82 Å². The van der Waals surface area contributed by atoms with Crippen molar-refractivity contribution < 1.29 is 4.79 Å². The molecule has 0 spiro atoms. The Morgan fingerprint density at radius 2 is 2.04 bits per heavy atom. The van der Waals surface area contributed by atoms with E-state index < -0.39 is 0 Å².